The monoisotopic (exact) mass is 424 g/mol. The molecule has 0 saturated carbocycles. The van der Waals surface area contributed by atoms with Gasteiger partial charge in [-0.05, 0) is 0 Å². The molecule has 0 unspecified atom stereocenters. The molecular formula is C9H6F13O2P. The molecule has 1 rings (SSSR count). The Balaban J connectivity index is 3.84. The Labute approximate surface area is 129 Å². The summed E-state index contributed by atoms with van der Waals surface area (Å²) < 4.78 is 173. The van der Waals surface area contributed by atoms with E-state index >= 15 is 0 Å². The van der Waals surface area contributed by atoms with Crippen LogP contribution in [-0.4, -0.2) is 43.4 Å². The molecule has 0 spiro atoms. The number of halogens is 13. The summed E-state index contributed by atoms with van der Waals surface area (Å²) in [6.45, 7) is -0.588. The van der Waals surface area contributed by atoms with E-state index in [4.69, 9.17) is 0 Å². The molecule has 1 aliphatic rings. The van der Waals surface area contributed by atoms with Crippen molar-refractivity contribution >= 4 is 7.06 Å². The van der Waals surface area contributed by atoms with Crippen LogP contribution < -0.4 is 0 Å². The molecule has 1 aliphatic heterocycles. The van der Waals surface area contributed by atoms with E-state index in [9.17, 15) is 57.1 Å². The second-order valence-corrected chi connectivity index (χ2v) is 9.98. The van der Waals surface area contributed by atoms with E-state index < -0.39 is 48.7 Å². The van der Waals surface area contributed by atoms with Crippen LogP contribution in [0.5, 0.6) is 0 Å². The van der Waals surface area contributed by atoms with E-state index in [0.29, 0.717) is 0 Å². The summed E-state index contributed by atoms with van der Waals surface area (Å²) in [4.78, 5) is 0. The van der Waals surface area contributed by atoms with Crippen molar-refractivity contribution in [2.75, 3.05) is 13.3 Å². The van der Waals surface area contributed by atoms with Crippen LogP contribution in [0.2, 0.25) is 0 Å². The molecule has 0 aliphatic carbocycles. The molecule has 2 nitrogen and oxygen atoms in total. The summed E-state index contributed by atoms with van der Waals surface area (Å²) in [5.74, 6) is -13.1. The van der Waals surface area contributed by atoms with Gasteiger partial charge in [-0.15, -0.1) is 0 Å². The molecule has 0 aromatic carbocycles. The summed E-state index contributed by atoms with van der Waals surface area (Å²) in [6.07, 6.45) is -20.6. The zero-order valence-corrected chi connectivity index (χ0v) is 12.6. The Hall–Kier alpha value is -1.14. The molecular weight excluding hydrogens is 418 g/mol. The molecule has 0 bridgehead atoms. The average molecular weight is 424 g/mol. The molecule has 0 atom stereocenters. The molecule has 0 aromatic rings. The van der Waals surface area contributed by atoms with Gasteiger partial charge in [0, 0.05) is 0 Å². The van der Waals surface area contributed by atoms with Gasteiger partial charge in [0.2, 0.25) is 0 Å². The van der Waals surface area contributed by atoms with Gasteiger partial charge in [0.05, 0.1) is 0 Å². The number of alkyl halides is 13. The van der Waals surface area contributed by atoms with Gasteiger partial charge in [0.1, 0.15) is 0 Å². The standard InChI is InChI=1S/C9H6F13O2P/c1-25(2,9(20,21)22)23-3(4(24-25)6(11,12)13)5(10,7(14,15)16)8(17,18)19/h1-2H3. The molecule has 1 heterocycles. The summed E-state index contributed by atoms with van der Waals surface area (Å²) in [6, 6.07) is 0. The van der Waals surface area contributed by atoms with E-state index in [2.05, 4.69) is 9.05 Å². The van der Waals surface area contributed by atoms with Crippen LogP contribution in [0.1, 0.15) is 0 Å². The van der Waals surface area contributed by atoms with Gasteiger partial charge in [-0.1, -0.05) is 0 Å². The zero-order valence-electron chi connectivity index (χ0n) is 11.7. The molecule has 25 heavy (non-hydrogen) atoms. The minimum atomic E-state index is -7.12. The molecule has 0 radical (unpaired) electrons. The van der Waals surface area contributed by atoms with Gasteiger partial charge in [0.25, 0.3) is 0 Å². The van der Waals surface area contributed by atoms with Crippen molar-refractivity contribution in [3.63, 3.8) is 0 Å². The Morgan fingerprint density at radius 2 is 0.920 bits per heavy atom. The third-order valence-corrected chi connectivity index (χ3v) is 5.84. The first-order valence-electron chi connectivity index (χ1n) is 5.60. The van der Waals surface area contributed by atoms with Crippen molar-refractivity contribution in [3.05, 3.63) is 11.5 Å². The van der Waals surface area contributed by atoms with Crippen LogP contribution in [0.25, 0.3) is 0 Å². The van der Waals surface area contributed by atoms with Crippen LogP contribution in [0.4, 0.5) is 57.1 Å². The van der Waals surface area contributed by atoms with E-state index in [0.717, 1.165) is 0 Å². The van der Waals surface area contributed by atoms with E-state index in [1.807, 2.05) is 0 Å². The first-order valence-corrected chi connectivity index (χ1v) is 8.56. The minimum absolute atomic E-state index is 0.294. The summed E-state index contributed by atoms with van der Waals surface area (Å²) >= 11 is 0. The fourth-order valence-electron chi connectivity index (χ4n) is 1.55. The van der Waals surface area contributed by atoms with Gasteiger partial charge >= 0.3 is 128 Å². The van der Waals surface area contributed by atoms with Crippen LogP contribution >= 0.6 is 7.06 Å². The molecule has 16 heteroatoms. The normalized spacial score (nSPS) is 23.6. The predicted molar refractivity (Wildman–Crippen MR) is 56.0 cm³/mol. The fraction of sp³-hybridized carbons (Fsp3) is 0.778. The summed E-state index contributed by atoms with van der Waals surface area (Å²) in [5.41, 5.74) is -6.87. The topological polar surface area (TPSA) is 18.5 Å². The Morgan fingerprint density at radius 3 is 1.16 bits per heavy atom. The van der Waals surface area contributed by atoms with Crippen molar-refractivity contribution in [2.24, 2.45) is 0 Å². The Kier molecular flexibility index (Phi) is 4.36. The zero-order chi connectivity index (χ0) is 20.5. The molecule has 0 aromatic heterocycles. The molecule has 150 valence electrons. The third-order valence-electron chi connectivity index (χ3n) is 2.99. The fourth-order valence-corrected chi connectivity index (χ4v) is 3.26. The Bertz CT molecular complexity index is 577. The number of rotatable bonds is 1. The molecule has 0 fully saturated rings. The SMILES string of the molecule is CP1(C)(C(F)(F)F)OC(C(F)(F)F)=C(C(F)(C(F)(F)F)C(F)(F)F)O1. The quantitative estimate of drug-likeness (QED) is 0.391. The Morgan fingerprint density at radius 1 is 0.600 bits per heavy atom. The molecule has 0 saturated heterocycles. The van der Waals surface area contributed by atoms with Crippen LogP contribution in [0.3, 0.4) is 0 Å². The van der Waals surface area contributed by atoms with Crippen molar-refractivity contribution in [1.82, 2.24) is 0 Å². The summed E-state index contributed by atoms with van der Waals surface area (Å²) in [7, 11) is -6.82. The maximum absolute atomic E-state index is 13.8. The van der Waals surface area contributed by atoms with Crippen LogP contribution in [0, 0.1) is 0 Å². The van der Waals surface area contributed by atoms with Crippen LogP contribution in [0.15, 0.2) is 11.5 Å². The molecule has 0 N–H and O–H groups in total. The summed E-state index contributed by atoms with van der Waals surface area (Å²) in [5, 5.41) is 0. The number of allylic oxidation sites excluding steroid dienone is 2. The van der Waals surface area contributed by atoms with E-state index in [1.54, 1.807) is 0 Å². The first-order chi connectivity index (χ1) is 10.5. The van der Waals surface area contributed by atoms with Gasteiger partial charge < -0.3 is 0 Å². The second kappa shape index (κ2) is 4.97. The van der Waals surface area contributed by atoms with Crippen molar-refractivity contribution in [2.45, 2.75) is 30.1 Å². The van der Waals surface area contributed by atoms with Crippen molar-refractivity contribution < 1.29 is 66.1 Å². The van der Waals surface area contributed by atoms with Gasteiger partial charge in [-0.3, -0.25) is 0 Å². The van der Waals surface area contributed by atoms with Crippen molar-refractivity contribution in [3.8, 4) is 0 Å². The van der Waals surface area contributed by atoms with E-state index in [-0.39, 0.29) is 13.3 Å². The molecule has 0 amide bonds. The average Bonchev–Trinajstić information content (AvgIpc) is 2.58. The first kappa shape index (κ1) is 21.9. The van der Waals surface area contributed by atoms with Crippen molar-refractivity contribution in [1.29, 1.82) is 0 Å². The third kappa shape index (κ3) is 3.08. The maximum atomic E-state index is 13.8. The number of hydrogen-bond donors (Lipinski definition) is 0. The van der Waals surface area contributed by atoms with Gasteiger partial charge in [-0.2, -0.15) is 0 Å². The van der Waals surface area contributed by atoms with Gasteiger partial charge in [-0.25, -0.2) is 0 Å². The van der Waals surface area contributed by atoms with Gasteiger partial charge in [0.15, 0.2) is 0 Å². The number of hydrogen-bond acceptors (Lipinski definition) is 2. The van der Waals surface area contributed by atoms with E-state index in [1.165, 1.54) is 0 Å². The van der Waals surface area contributed by atoms with Crippen LogP contribution in [-0.2, 0) is 9.05 Å². The predicted octanol–water partition coefficient (Wildman–Crippen LogP) is 5.80. The second-order valence-electron chi connectivity index (χ2n) is 5.34.